The van der Waals surface area contributed by atoms with Crippen molar-refractivity contribution >= 4 is 178 Å². The molecule has 0 fully saturated rings. The second-order valence-electron chi connectivity index (χ2n) is 16.7. The second kappa shape index (κ2) is 15.5. The third-order valence-electron chi connectivity index (χ3n) is 13.6. The Hall–Kier alpha value is -5.52. The summed E-state index contributed by atoms with van der Waals surface area (Å²) in [4.78, 5) is 15.8. The van der Waals surface area contributed by atoms with E-state index < -0.39 is 0 Å². The van der Waals surface area contributed by atoms with Gasteiger partial charge in [0.05, 0.1) is 0 Å². The van der Waals surface area contributed by atoms with E-state index in [1.807, 2.05) is 29.5 Å². The van der Waals surface area contributed by atoms with Gasteiger partial charge >= 0.3 is 0 Å². The zero-order valence-corrected chi connectivity index (χ0v) is 37.5. The highest BCUT2D eigenvalue weighted by atomic mass is 32.1. The van der Waals surface area contributed by atoms with Crippen molar-refractivity contribution in [3.63, 3.8) is 0 Å². The summed E-state index contributed by atoms with van der Waals surface area (Å²) in [6.07, 6.45) is 0. The summed E-state index contributed by atoms with van der Waals surface area (Å²) in [5, 5.41) is 2.82. The van der Waals surface area contributed by atoms with Gasteiger partial charge in [0.1, 0.15) is 86.3 Å². The lowest BCUT2D eigenvalue weighted by atomic mass is 9.60. The van der Waals surface area contributed by atoms with E-state index in [1.165, 1.54) is 108 Å². The topological polar surface area (TPSA) is 38.7 Å². The van der Waals surface area contributed by atoms with Gasteiger partial charge < -0.3 is 0 Å². The molecule has 9 rings (SSSR count). The maximum Gasteiger partial charge on any atom is 0.164 e. The summed E-state index contributed by atoms with van der Waals surface area (Å²) in [6, 6.07) is 38.2. The first-order valence-electron chi connectivity index (χ1n) is 21.0. The van der Waals surface area contributed by atoms with Gasteiger partial charge in [-0.2, -0.15) is 0 Å². The molecule has 0 amide bonds. The van der Waals surface area contributed by atoms with Crippen LogP contribution in [0.3, 0.4) is 0 Å². The Labute approximate surface area is 367 Å². The summed E-state index contributed by atoms with van der Waals surface area (Å²) < 4.78 is 2.78. The predicted octanol–water partition coefficient (Wildman–Crippen LogP) is -6.92. The predicted molar refractivity (Wildman–Crippen MR) is 295 cm³/mol. The van der Waals surface area contributed by atoms with Crippen molar-refractivity contribution in [2.45, 2.75) is 0 Å². The molecule has 0 saturated carbocycles. The van der Waals surface area contributed by atoms with Crippen LogP contribution in [0.25, 0.3) is 87.7 Å². The maximum atomic E-state index is 5.35. The van der Waals surface area contributed by atoms with E-state index in [4.69, 9.17) is 15.0 Å². The summed E-state index contributed by atoms with van der Waals surface area (Å²) in [7, 11) is 25.2. The molecular formula is C45H40B11N3S. The van der Waals surface area contributed by atoms with E-state index in [1.54, 1.807) is 0 Å². The van der Waals surface area contributed by atoms with Crippen LogP contribution in [0.2, 0.25) is 0 Å². The van der Waals surface area contributed by atoms with Crippen LogP contribution in [-0.2, 0) is 0 Å². The number of nitrogens with zero attached hydrogens (tertiary/aromatic N) is 3. The molecule has 0 bridgehead atoms. The van der Waals surface area contributed by atoms with Crippen molar-refractivity contribution < 1.29 is 0 Å². The highest BCUT2D eigenvalue weighted by Gasteiger charge is 2.26. The highest BCUT2D eigenvalue weighted by molar-refractivity contribution is 7.28. The quantitative estimate of drug-likeness (QED) is 0.158. The van der Waals surface area contributed by atoms with Crippen molar-refractivity contribution in [1.82, 2.24) is 15.0 Å². The number of fused-ring (bicyclic) bond motifs is 3. The minimum atomic E-state index is 0.661. The molecule has 7 aromatic carbocycles. The van der Waals surface area contributed by atoms with E-state index >= 15 is 0 Å². The molecule has 9 aromatic rings. The Kier molecular flexibility index (Phi) is 10.3. The molecule has 60 heavy (non-hydrogen) atoms. The molecule has 2 aromatic heterocycles. The van der Waals surface area contributed by atoms with E-state index in [9.17, 15) is 0 Å². The maximum absolute atomic E-state index is 5.35. The van der Waals surface area contributed by atoms with Crippen LogP contribution in [0, 0.1) is 0 Å². The number of aromatic nitrogens is 3. The monoisotopic (exact) mass is 775 g/mol. The van der Waals surface area contributed by atoms with Gasteiger partial charge in [0, 0.05) is 26.1 Å². The average Bonchev–Trinajstić information content (AvgIpc) is 3.69. The van der Waals surface area contributed by atoms with Gasteiger partial charge in [-0.05, 0) is 44.2 Å². The number of thiophene rings is 1. The van der Waals surface area contributed by atoms with Crippen LogP contribution in [0.15, 0.2) is 109 Å². The van der Waals surface area contributed by atoms with Gasteiger partial charge in [0.2, 0.25) is 0 Å². The lowest BCUT2D eigenvalue weighted by molar-refractivity contribution is 1.08. The summed E-state index contributed by atoms with van der Waals surface area (Å²) in [5.74, 6) is 2.03. The second-order valence-corrected chi connectivity index (χ2v) is 17.7. The molecular weight excluding hydrogens is 734 g/mol. The van der Waals surface area contributed by atoms with Gasteiger partial charge in [0.15, 0.2) is 17.5 Å². The third-order valence-corrected chi connectivity index (χ3v) is 15.0. The smallest absolute Gasteiger partial charge is 0.164 e. The number of rotatable bonds is 6. The Bertz CT molecular complexity index is 3200. The minimum Gasteiger partial charge on any atom is -0.208 e. The van der Waals surface area contributed by atoms with Crippen molar-refractivity contribution in [2.24, 2.45) is 0 Å². The lowest BCUT2D eigenvalue weighted by Gasteiger charge is -2.25. The van der Waals surface area contributed by atoms with Crippen molar-refractivity contribution in [3.05, 3.63) is 109 Å². The summed E-state index contributed by atoms with van der Waals surface area (Å²) >= 11 is 1.97. The molecule has 0 radical (unpaired) electrons. The van der Waals surface area contributed by atoms with Crippen molar-refractivity contribution in [1.29, 1.82) is 0 Å². The molecule has 0 aliphatic carbocycles. The van der Waals surface area contributed by atoms with E-state index in [0.717, 1.165) is 22.3 Å². The van der Waals surface area contributed by atoms with E-state index in [0.29, 0.717) is 17.5 Å². The molecule has 0 saturated heterocycles. The first-order valence-corrected chi connectivity index (χ1v) is 21.8. The molecule has 0 N–H and O–H groups in total. The van der Waals surface area contributed by atoms with Crippen LogP contribution in [0.5, 0.6) is 0 Å². The molecule has 0 aliphatic rings. The molecule has 0 atom stereocenters. The fourth-order valence-electron chi connectivity index (χ4n) is 9.32. The van der Waals surface area contributed by atoms with Gasteiger partial charge in [-0.15, -0.1) is 33.2 Å². The average molecular weight is 774 g/mol. The Balaban J connectivity index is 1.23. The Morgan fingerprint density at radius 2 is 0.617 bits per heavy atom. The van der Waals surface area contributed by atoms with Crippen LogP contribution in [0.1, 0.15) is 0 Å². The third kappa shape index (κ3) is 6.48. The first kappa shape index (κ1) is 39.9. The van der Waals surface area contributed by atoms with Crippen LogP contribution >= 0.6 is 11.3 Å². The number of benzene rings is 7. The summed E-state index contributed by atoms with van der Waals surface area (Å²) in [6.45, 7) is 0. The zero-order chi connectivity index (χ0) is 42.1. The molecule has 0 spiro atoms. The van der Waals surface area contributed by atoms with Gasteiger partial charge in [-0.25, -0.2) is 15.0 Å². The Morgan fingerprint density at radius 3 is 1.15 bits per heavy atom. The first-order chi connectivity index (χ1) is 28.8. The molecule has 274 valence electrons. The van der Waals surface area contributed by atoms with Crippen molar-refractivity contribution in [2.75, 3.05) is 0 Å². The van der Waals surface area contributed by atoms with E-state index in [-0.39, 0.29) is 0 Å². The standard InChI is InChI=1S/C45H40B11N3S/c46-30-25(26-32(48)37(53)33(49)27-28-34(50)38(54)39(55)40(56)42(28)60-41(26)27)31(47)36(52)35(51)29(30)45-58-43(23-9-5-2-6-10-23)57-44(59-45)24-17-15-22(16-18-24)21-13-11-20(12-14-21)19-7-3-1-4-8-19/h1-18H,46-56H2. The van der Waals surface area contributed by atoms with Gasteiger partial charge in [-0.3, -0.25) is 0 Å². The SMILES string of the molecule is Bc1c(B)c(-c2nc(-c3ccccc3)nc(-c3ccc(-c4ccc(-c5ccccc5)cc4)cc3)n2)c(B)c(-c2c(B)c(B)c(B)c3c2sc2c(B)c(B)c(B)c(B)c23)c1B. The van der Waals surface area contributed by atoms with E-state index in [2.05, 4.69) is 177 Å². The molecule has 3 nitrogen and oxygen atoms in total. The highest BCUT2D eigenvalue weighted by Crippen LogP contribution is 2.36. The molecule has 0 unspecified atom stereocenters. The zero-order valence-electron chi connectivity index (χ0n) is 36.6. The van der Waals surface area contributed by atoms with Gasteiger partial charge in [0.25, 0.3) is 0 Å². The van der Waals surface area contributed by atoms with Crippen LogP contribution in [0.4, 0.5) is 0 Å². The summed E-state index contributed by atoms with van der Waals surface area (Å²) in [5.41, 5.74) is 25.0. The fourth-order valence-corrected chi connectivity index (χ4v) is 10.9. The van der Waals surface area contributed by atoms with Crippen LogP contribution in [-0.4, -0.2) is 101 Å². The van der Waals surface area contributed by atoms with Crippen LogP contribution < -0.4 is 60.1 Å². The Morgan fingerprint density at radius 1 is 0.267 bits per heavy atom. The number of hydrogen-bond donors (Lipinski definition) is 0. The number of hydrogen-bond acceptors (Lipinski definition) is 4. The lowest BCUT2D eigenvalue weighted by Crippen LogP contribution is -2.48. The van der Waals surface area contributed by atoms with Gasteiger partial charge in [-0.1, -0.05) is 147 Å². The molecule has 15 heteroatoms. The molecule has 2 heterocycles. The normalized spacial score (nSPS) is 11.4. The largest absolute Gasteiger partial charge is 0.208 e. The fraction of sp³-hybridized carbons (Fsp3) is 0. The molecule has 0 aliphatic heterocycles. The van der Waals surface area contributed by atoms with Crippen molar-refractivity contribution in [3.8, 4) is 67.5 Å². The minimum absolute atomic E-state index is 0.661.